The number of carboxylic acids is 1. The lowest BCUT2D eigenvalue weighted by atomic mass is 10.1. The van der Waals surface area contributed by atoms with Crippen LogP contribution in [-0.2, 0) is 4.79 Å². The van der Waals surface area contributed by atoms with Crippen molar-refractivity contribution in [1.29, 1.82) is 0 Å². The maximum Gasteiger partial charge on any atom is 0.305 e. The summed E-state index contributed by atoms with van der Waals surface area (Å²) in [6, 6.07) is 6.89. The Morgan fingerprint density at radius 3 is 2.59 bits per heavy atom. The minimum Gasteiger partial charge on any atom is -0.481 e. The van der Waals surface area contributed by atoms with Crippen LogP contribution in [0.15, 0.2) is 24.3 Å². The zero-order valence-corrected chi connectivity index (χ0v) is 11.6. The van der Waals surface area contributed by atoms with E-state index in [1.54, 1.807) is 12.1 Å². The molecule has 0 aliphatic heterocycles. The molecular weight excluding hydrogens is 333 g/mol. The van der Waals surface area contributed by atoms with Crippen LogP contribution in [0, 0.1) is 3.57 Å². The molecule has 4 nitrogen and oxygen atoms in total. The normalized spacial score (nSPS) is 11.9. The Balaban J connectivity index is 2.71. The van der Waals surface area contributed by atoms with E-state index >= 15 is 0 Å². The Morgan fingerprint density at radius 1 is 1.41 bits per heavy atom. The van der Waals surface area contributed by atoms with E-state index in [0.717, 1.165) is 3.57 Å². The number of halogens is 1. The van der Waals surface area contributed by atoms with Gasteiger partial charge in [0.2, 0.25) is 0 Å². The van der Waals surface area contributed by atoms with Gasteiger partial charge in [-0.2, -0.15) is 0 Å². The molecule has 1 unspecified atom stereocenters. The molecule has 0 bridgehead atoms. The van der Waals surface area contributed by atoms with Crippen LogP contribution in [0.4, 0.5) is 0 Å². The van der Waals surface area contributed by atoms with Gasteiger partial charge in [-0.3, -0.25) is 9.59 Å². The molecule has 0 saturated heterocycles. The summed E-state index contributed by atoms with van der Waals surface area (Å²) in [7, 11) is 0. The second-order valence-electron chi connectivity index (χ2n) is 3.66. The molecule has 0 radical (unpaired) electrons. The van der Waals surface area contributed by atoms with Crippen LogP contribution in [0.3, 0.4) is 0 Å². The Labute approximate surface area is 114 Å². The SMILES string of the molecule is CCC(CC(=O)O)NC(=O)c1ccccc1I. The molecule has 1 rings (SSSR count). The molecule has 0 aromatic heterocycles. The monoisotopic (exact) mass is 347 g/mol. The number of rotatable bonds is 5. The molecule has 5 heteroatoms. The summed E-state index contributed by atoms with van der Waals surface area (Å²) in [5.74, 6) is -1.12. The van der Waals surface area contributed by atoms with E-state index in [4.69, 9.17) is 5.11 Å². The number of carboxylic acid groups (broad SMARTS) is 1. The molecule has 17 heavy (non-hydrogen) atoms. The highest BCUT2D eigenvalue weighted by molar-refractivity contribution is 14.1. The van der Waals surface area contributed by atoms with Crippen molar-refractivity contribution in [2.24, 2.45) is 0 Å². The first-order valence-electron chi connectivity index (χ1n) is 5.31. The Morgan fingerprint density at radius 2 is 2.06 bits per heavy atom. The van der Waals surface area contributed by atoms with Gasteiger partial charge < -0.3 is 10.4 Å². The number of benzene rings is 1. The second kappa shape index (κ2) is 6.58. The number of carbonyl (C=O) groups excluding carboxylic acids is 1. The third-order valence-electron chi connectivity index (χ3n) is 2.37. The minimum absolute atomic E-state index is 0.0499. The average Bonchev–Trinajstić information content (AvgIpc) is 2.27. The maximum absolute atomic E-state index is 11.9. The number of nitrogens with one attached hydrogen (secondary N) is 1. The maximum atomic E-state index is 11.9. The summed E-state index contributed by atoms with van der Waals surface area (Å²) in [6.45, 7) is 1.85. The summed E-state index contributed by atoms with van der Waals surface area (Å²) in [5, 5.41) is 11.4. The molecule has 0 spiro atoms. The first-order valence-corrected chi connectivity index (χ1v) is 6.39. The van der Waals surface area contributed by atoms with Crippen LogP contribution in [0.2, 0.25) is 0 Å². The predicted octanol–water partition coefficient (Wildman–Crippen LogP) is 2.27. The first-order chi connectivity index (χ1) is 8.04. The van der Waals surface area contributed by atoms with Gasteiger partial charge in [0, 0.05) is 9.61 Å². The number of hydrogen-bond acceptors (Lipinski definition) is 2. The molecule has 0 saturated carbocycles. The fraction of sp³-hybridized carbons (Fsp3) is 0.333. The highest BCUT2D eigenvalue weighted by atomic mass is 127. The molecule has 0 fully saturated rings. The summed E-state index contributed by atoms with van der Waals surface area (Å²) in [6.07, 6.45) is 0.549. The van der Waals surface area contributed by atoms with Crippen LogP contribution in [0.5, 0.6) is 0 Å². The molecule has 2 N–H and O–H groups in total. The Kier molecular flexibility index (Phi) is 5.40. The molecule has 1 aromatic rings. The van der Waals surface area contributed by atoms with Crippen molar-refractivity contribution in [3.63, 3.8) is 0 Å². The highest BCUT2D eigenvalue weighted by Crippen LogP contribution is 2.12. The molecule has 1 aromatic carbocycles. The quantitative estimate of drug-likeness (QED) is 0.803. The number of amides is 1. The smallest absolute Gasteiger partial charge is 0.305 e. The molecule has 0 heterocycles. The van der Waals surface area contributed by atoms with Gasteiger partial charge >= 0.3 is 5.97 Å². The molecule has 1 amide bonds. The van der Waals surface area contributed by atoms with Gasteiger partial charge in [-0.05, 0) is 41.1 Å². The van der Waals surface area contributed by atoms with Gasteiger partial charge in [0.05, 0.1) is 12.0 Å². The van der Waals surface area contributed by atoms with E-state index in [-0.39, 0.29) is 18.4 Å². The van der Waals surface area contributed by atoms with Crippen molar-refractivity contribution in [2.45, 2.75) is 25.8 Å². The van der Waals surface area contributed by atoms with Gasteiger partial charge in [0.15, 0.2) is 0 Å². The van der Waals surface area contributed by atoms with Crippen molar-refractivity contribution in [1.82, 2.24) is 5.32 Å². The zero-order chi connectivity index (χ0) is 12.8. The van der Waals surface area contributed by atoms with E-state index in [1.165, 1.54) is 0 Å². The van der Waals surface area contributed by atoms with Gasteiger partial charge in [0.25, 0.3) is 5.91 Å². The van der Waals surface area contributed by atoms with Crippen molar-refractivity contribution in [3.8, 4) is 0 Å². The van der Waals surface area contributed by atoms with Crippen LogP contribution < -0.4 is 5.32 Å². The summed E-state index contributed by atoms with van der Waals surface area (Å²) >= 11 is 2.08. The molecule has 0 aliphatic rings. The lowest BCUT2D eigenvalue weighted by Crippen LogP contribution is -2.36. The number of aliphatic carboxylic acids is 1. The standard InChI is InChI=1S/C12H14INO3/c1-2-8(7-11(15)16)14-12(17)9-5-3-4-6-10(9)13/h3-6,8H,2,7H2,1H3,(H,14,17)(H,15,16). The van der Waals surface area contributed by atoms with Crippen LogP contribution in [0.1, 0.15) is 30.1 Å². The second-order valence-corrected chi connectivity index (χ2v) is 4.82. The largest absolute Gasteiger partial charge is 0.481 e. The molecule has 0 aliphatic carbocycles. The lowest BCUT2D eigenvalue weighted by molar-refractivity contribution is -0.137. The molecule has 1 atom stereocenters. The van der Waals surface area contributed by atoms with Gasteiger partial charge in [-0.25, -0.2) is 0 Å². The van der Waals surface area contributed by atoms with Crippen LogP contribution in [-0.4, -0.2) is 23.0 Å². The van der Waals surface area contributed by atoms with Crippen molar-refractivity contribution < 1.29 is 14.7 Å². The van der Waals surface area contributed by atoms with E-state index in [9.17, 15) is 9.59 Å². The van der Waals surface area contributed by atoms with Gasteiger partial charge in [-0.1, -0.05) is 19.1 Å². The predicted molar refractivity (Wildman–Crippen MR) is 73.0 cm³/mol. The average molecular weight is 347 g/mol. The topological polar surface area (TPSA) is 66.4 Å². The fourth-order valence-corrected chi connectivity index (χ4v) is 2.05. The third-order valence-corrected chi connectivity index (χ3v) is 3.31. The van der Waals surface area contributed by atoms with Crippen molar-refractivity contribution >= 4 is 34.5 Å². The summed E-state index contributed by atoms with van der Waals surface area (Å²) < 4.78 is 0.854. The molecular formula is C12H14INO3. The van der Waals surface area contributed by atoms with Crippen molar-refractivity contribution in [2.75, 3.05) is 0 Å². The Bertz CT molecular complexity index is 420. The third kappa shape index (κ3) is 4.33. The molecule has 92 valence electrons. The van der Waals surface area contributed by atoms with E-state index in [0.29, 0.717) is 12.0 Å². The van der Waals surface area contributed by atoms with Gasteiger partial charge in [-0.15, -0.1) is 0 Å². The fourth-order valence-electron chi connectivity index (χ4n) is 1.42. The van der Waals surface area contributed by atoms with E-state index in [2.05, 4.69) is 27.9 Å². The highest BCUT2D eigenvalue weighted by Gasteiger charge is 2.16. The van der Waals surface area contributed by atoms with Crippen molar-refractivity contribution in [3.05, 3.63) is 33.4 Å². The summed E-state index contributed by atoms with van der Waals surface area (Å²) in [5.41, 5.74) is 0.580. The lowest BCUT2D eigenvalue weighted by Gasteiger charge is -2.15. The van der Waals surface area contributed by atoms with E-state index in [1.807, 2.05) is 19.1 Å². The first kappa shape index (κ1) is 14.0. The van der Waals surface area contributed by atoms with Gasteiger partial charge in [0.1, 0.15) is 0 Å². The van der Waals surface area contributed by atoms with Crippen LogP contribution >= 0.6 is 22.6 Å². The van der Waals surface area contributed by atoms with Crippen LogP contribution in [0.25, 0.3) is 0 Å². The number of carbonyl (C=O) groups is 2. The zero-order valence-electron chi connectivity index (χ0n) is 9.44. The van der Waals surface area contributed by atoms with E-state index < -0.39 is 5.97 Å². The minimum atomic E-state index is -0.903. The summed E-state index contributed by atoms with van der Waals surface area (Å²) in [4.78, 5) is 22.5. The number of hydrogen-bond donors (Lipinski definition) is 2. The Hall–Kier alpha value is -1.11.